The molecule has 3 rings (SSSR count). The summed E-state index contributed by atoms with van der Waals surface area (Å²) in [6.07, 6.45) is 3.41. The third kappa shape index (κ3) is 1.68. The Bertz CT molecular complexity index is 725. The van der Waals surface area contributed by atoms with Crippen molar-refractivity contribution in [2.45, 2.75) is 0 Å². The molecule has 0 radical (unpaired) electrons. The van der Waals surface area contributed by atoms with E-state index in [-0.39, 0.29) is 5.78 Å². The summed E-state index contributed by atoms with van der Waals surface area (Å²) in [5, 5.41) is 5.00. The molecule has 3 aromatic rings. The number of para-hydroxylation sites is 1. The first-order chi connectivity index (χ1) is 8.75. The predicted molar refractivity (Wildman–Crippen MR) is 68.4 cm³/mol. The fraction of sp³-hybridized carbons (Fsp3) is 0.0714. The molecule has 0 unspecified atom stereocenters. The van der Waals surface area contributed by atoms with Crippen LogP contribution in [0.1, 0.15) is 16.1 Å². The Balaban J connectivity index is 2.17. The van der Waals surface area contributed by atoms with Gasteiger partial charge in [0.25, 0.3) is 0 Å². The van der Waals surface area contributed by atoms with Gasteiger partial charge < -0.3 is 0 Å². The summed E-state index contributed by atoms with van der Waals surface area (Å²) in [6.45, 7) is 0. The first-order valence-electron chi connectivity index (χ1n) is 5.64. The lowest BCUT2D eigenvalue weighted by molar-refractivity contribution is 0.103. The van der Waals surface area contributed by atoms with Gasteiger partial charge in [0.2, 0.25) is 5.78 Å². The average Bonchev–Trinajstić information content (AvgIpc) is 2.84. The standard InChI is InChI=1S/C14H11N3O/c1-17-9-7-13(16-17)14(18)11-6-8-15-12-5-3-2-4-10(11)12/h2-9H,1H3. The van der Waals surface area contributed by atoms with Crippen molar-refractivity contribution in [1.82, 2.24) is 14.8 Å². The highest BCUT2D eigenvalue weighted by atomic mass is 16.1. The van der Waals surface area contributed by atoms with Crippen molar-refractivity contribution in [3.8, 4) is 0 Å². The van der Waals surface area contributed by atoms with Crippen LogP contribution in [0.15, 0.2) is 48.8 Å². The number of hydrogen-bond donors (Lipinski definition) is 0. The van der Waals surface area contributed by atoms with Crippen LogP contribution in [0.2, 0.25) is 0 Å². The number of aromatic nitrogens is 3. The fourth-order valence-electron chi connectivity index (χ4n) is 1.97. The Morgan fingerprint density at radius 3 is 2.78 bits per heavy atom. The Morgan fingerprint density at radius 1 is 1.17 bits per heavy atom. The molecule has 0 amide bonds. The van der Waals surface area contributed by atoms with Crippen LogP contribution in [0.5, 0.6) is 0 Å². The molecule has 2 aromatic heterocycles. The second-order valence-electron chi connectivity index (χ2n) is 4.08. The largest absolute Gasteiger partial charge is 0.287 e. The van der Waals surface area contributed by atoms with Crippen LogP contribution in [0, 0.1) is 0 Å². The van der Waals surface area contributed by atoms with Gasteiger partial charge in [0.1, 0.15) is 5.69 Å². The minimum Gasteiger partial charge on any atom is -0.287 e. The summed E-state index contributed by atoms with van der Waals surface area (Å²) in [4.78, 5) is 16.6. The number of hydrogen-bond acceptors (Lipinski definition) is 3. The zero-order valence-electron chi connectivity index (χ0n) is 9.87. The highest BCUT2D eigenvalue weighted by molar-refractivity contribution is 6.14. The molecule has 88 valence electrons. The van der Waals surface area contributed by atoms with Crippen molar-refractivity contribution in [2.24, 2.45) is 7.05 Å². The number of fused-ring (bicyclic) bond motifs is 1. The SMILES string of the molecule is Cn1ccc(C(=O)c2ccnc3ccccc23)n1. The number of ketones is 1. The van der Waals surface area contributed by atoms with E-state index in [1.54, 1.807) is 36.3 Å². The number of rotatable bonds is 2. The molecule has 18 heavy (non-hydrogen) atoms. The van der Waals surface area contributed by atoms with Crippen LogP contribution in [-0.2, 0) is 7.05 Å². The van der Waals surface area contributed by atoms with Crippen molar-refractivity contribution in [3.63, 3.8) is 0 Å². The number of nitrogens with zero attached hydrogens (tertiary/aromatic N) is 3. The minimum atomic E-state index is -0.0748. The molecule has 0 N–H and O–H groups in total. The van der Waals surface area contributed by atoms with Gasteiger partial charge in [-0.25, -0.2) is 0 Å². The zero-order valence-corrected chi connectivity index (χ0v) is 9.87. The lowest BCUT2D eigenvalue weighted by atomic mass is 10.0. The Kier molecular flexibility index (Phi) is 2.41. The summed E-state index contributed by atoms with van der Waals surface area (Å²) in [7, 11) is 1.79. The summed E-state index contributed by atoms with van der Waals surface area (Å²) < 4.78 is 1.62. The highest BCUT2D eigenvalue weighted by Crippen LogP contribution is 2.18. The third-order valence-electron chi connectivity index (χ3n) is 2.84. The molecule has 0 aliphatic rings. The van der Waals surface area contributed by atoms with Crippen molar-refractivity contribution in [3.05, 3.63) is 60.0 Å². The van der Waals surface area contributed by atoms with Crippen molar-refractivity contribution in [1.29, 1.82) is 0 Å². The highest BCUT2D eigenvalue weighted by Gasteiger charge is 2.14. The van der Waals surface area contributed by atoms with Gasteiger partial charge in [-0.15, -0.1) is 0 Å². The molecule has 2 heterocycles. The first kappa shape index (κ1) is 10.7. The summed E-state index contributed by atoms with van der Waals surface area (Å²) in [5.74, 6) is -0.0748. The number of carbonyl (C=O) groups is 1. The summed E-state index contributed by atoms with van der Waals surface area (Å²) in [6, 6.07) is 11.1. The number of benzene rings is 1. The molecule has 0 saturated carbocycles. The lowest BCUT2D eigenvalue weighted by Gasteiger charge is -2.02. The van der Waals surface area contributed by atoms with E-state index in [4.69, 9.17) is 0 Å². The van der Waals surface area contributed by atoms with Gasteiger partial charge in [-0.2, -0.15) is 5.10 Å². The molecule has 0 saturated heterocycles. The van der Waals surface area contributed by atoms with Crippen molar-refractivity contribution >= 4 is 16.7 Å². The zero-order chi connectivity index (χ0) is 12.5. The molecular formula is C14H11N3O. The van der Waals surface area contributed by atoms with E-state index < -0.39 is 0 Å². The molecule has 1 aromatic carbocycles. The monoisotopic (exact) mass is 237 g/mol. The smallest absolute Gasteiger partial charge is 0.213 e. The quantitative estimate of drug-likeness (QED) is 0.642. The van der Waals surface area contributed by atoms with E-state index >= 15 is 0 Å². The minimum absolute atomic E-state index is 0.0748. The maximum Gasteiger partial charge on any atom is 0.213 e. The summed E-state index contributed by atoms with van der Waals surface area (Å²) in [5.41, 5.74) is 1.91. The van der Waals surface area contributed by atoms with Gasteiger partial charge in [-0.1, -0.05) is 18.2 Å². The van der Waals surface area contributed by atoms with Crippen molar-refractivity contribution in [2.75, 3.05) is 0 Å². The maximum atomic E-state index is 12.4. The molecule has 4 nitrogen and oxygen atoms in total. The number of pyridine rings is 1. The molecule has 0 aliphatic heterocycles. The van der Waals surface area contributed by atoms with Gasteiger partial charge in [0.05, 0.1) is 5.52 Å². The van der Waals surface area contributed by atoms with Crippen LogP contribution >= 0.6 is 0 Å². The maximum absolute atomic E-state index is 12.4. The summed E-state index contributed by atoms with van der Waals surface area (Å²) >= 11 is 0. The van der Waals surface area contributed by atoms with Gasteiger partial charge in [0.15, 0.2) is 0 Å². The molecular weight excluding hydrogens is 226 g/mol. The third-order valence-corrected chi connectivity index (χ3v) is 2.84. The topological polar surface area (TPSA) is 47.8 Å². The first-order valence-corrected chi connectivity index (χ1v) is 5.64. The predicted octanol–water partition coefficient (Wildman–Crippen LogP) is 2.20. The number of aryl methyl sites for hydroxylation is 1. The average molecular weight is 237 g/mol. The van der Waals surface area contributed by atoms with E-state index in [1.165, 1.54) is 0 Å². The number of carbonyl (C=O) groups excluding carboxylic acids is 1. The van der Waals surface area contributed by atoms with Crippen molar-refractivity contribution < 1.29 is 4.79 Å². The fourth-order valence-corrected chi connectivity index (χ4v) is 1.97. The van der Waals surface area contributed by atoms with Gasteiger partial charge in [0, 0.05) is 30.4 Å². The van der Waals surface area contributed by atoms with E-state index in [9.17, 15) is 4.79 Å². The van der Waals surface area contributed by atoms with Crippen LogP contribution in [0.4, 0.5) is 0 Å². The lowest BCUT2D eigenvalue weighted by Crippen LogP contribution is -2.04. The Morgan fingerprint density at radius 2 is 2.00 bits per heavy atom. The van der Waals surface area contributed by atoms with Gasteiger partial charge >= 0.3 is 0 Å². The molecule has 0 aliphatic carbocycles. The molecule has 0 fully saturated rings. The molecule has 0 bridgehead atoms. The van der Waals surface area contributed by atoms with E-state index in [0.29, 0.717) is 11.3 Å². The second kappa shape index (κ2) is 4.07. The van der Waals surface area contributed by atoms with E-state index in [0.717, 1.165) is 10.9 Å². The molecule has 0 spiro atoms. The van der Waals surface area contributed by atoms with Gasteiger partial charge in [-0.05, 0) is 18.2 Å². The molecule has 0 atom stereocenters. The molecule has 4 heteroatoms. The Labute approximate surface area is 104 Å². The van der Waals surface area contributed by atoms with E-state index in [2.05, 4.69) is 10.1 Å². The van der Waals surface area contributed by atoms with Gasteiger partial charge in [-0.3, -0.25) is 14.5 Å². The van der Waals surface area contributed by atoms with Crippen LogP contribution in [-0.4, -0.2) is 20.5 Å². The Hall–Kier alpha value is -2.49. The van der Waals surface area contributed by atoms with E-state index in [1.807, 2.05) is 24.3 Å². The van der Waals surface area contributed by atoms with Crippen LogP contribution in [0.25, 0.3) is 10.9 Å². The second-order valence-corrected chi connectivity index (χ2v) is 4.08. The normalized spacial score (nSPS) is 10.7. The van der Waals surface area contributed by atoms with Crippen LogP contribution < -0.4 is 0 Å². The van der Waals surface area contributed by atoms with Crippen LogP contribution in [0.3, 0.4) is 0 Å².